The van der Waals surface area contributed by atoms with Crippen molar-refractivity contribution in [3.8, 4) is 12.1 Å². The van der Waals surface area contributed by atoms with Gasteiger partial charge in [-0.1, -0.05) is 12.1 Å². The molecule has 154 valence electrons. The minimum Gasteiger partial charge on any atom is -0.379 e. The minimum absolute atomic E-state index is 0.0272. The molecule has 3 rings (SSSR count). The molecule has 0 aromatic heterocycles. The van der Waals surface area contributed by atoms with Crippen molar-refractivity contribution in [2.75, 3.05) is 11.9 Å². The minimum atomic E-state index is -4.70. The zero-order valence-corrected chi connectivity index (χ0v) is 15.5. The highest BCUT2D eigenvalue weighted by Gasteiger charge is 2.52. The molecule has 2 aromatic carbocycles. The number of rotatable bonds is 6. The Kier molecular flexibility index (Phi) is 5.79. The first-order valence-electron chi connectivity index (χ1n) is 8.87. The molecule has 1 saturated carbocycles. The zero-order chi connectivity index (χ0) is 21.9. The number of nitrogens with one attached hydrogen (secondary N) is 1. The van der Waals surface area contributed by atoms with E-state index in [0.29, 0.717) is 5.56 Å². The molecule has 0 spiro atoms. The van der Waals surface area contributed by atoms with E-state index >= 15 is 0 Å². The number of aliphatic hydroxyl groups is 1. The Bertz CT molecular complexity index is 1040. The van der Waals surface area contributed by atoms with Crippen molar-refractivity contribution in [3.05, 3.63) is 64.7 Å². The second-order valence-electron chi connectivity index (χ2n) is 6.97. The number of anilines is 1. The monoisotopic (exact) mass is 415 g/mol. The molecule has 2 atom stereocenters. The van der Waals surface area contributed by atoms with Crippen LogP contribution in [0.15, 0.2) is 42.5 Å². The van der Waals surface area contributed by atoms with Crippen LogP contribution in [0.1, 0.15) is 28.7 Å². The van der Waals surface area contributed by atoms with Crippen molar-refractivity contribution in [2.24, 2.45) is 0 Å². The fourth-order valence-corrected chi connectivity index (χ4v) is 3.15. The number of ketones is 1. The summed E-state index contributed by atoms with van der Waals surface area (Å²) in [6, 6.07) is 12.3. The first-order chi connectivity index (χ1) is 14.2. The summed E-state index contributed by atoms with van der Waals surface area (Å²) < 4.78 is 44.6. The molecule has 30 heavy (non-hydrogen) atoms. The van der Waals surface area contributed by atoms with Gasteiger partial charge in [0.1, 0.15) is 0 Å². The summed E-state index contributed by atoms with van der Waals surface area (Å²) in [6.07, 6.45) is -4.73. The normalized spacial score (nSPS) is 20.7. The van der Waals surface area contributed by atoms with Crippen molar-refractivity contribution in [1.29, 1.82) is 10.5 Å². The number of hydrogen-bond donors (Lipinski definition) is 2. The summed E-state index contributed by atoms with van der Waals surface area (Å²) in [5.41, 5.74) is -2.04. The maximum atomic E-state index is 13.1. The third-order valence-electron chi connectivity index (χ3n) is 4.80. The summed E-state index contributed by atoms with van der Waals surface area (Å²) in [7, 11) is 0. The number of Topliss-reactive ketones (excluding diaryl/α,β-unsaturated/α-hetero) is 1. The Morgan fingerprint density at radius 2 is 1.87 bits per heavy atom. The van der Waals surface area contributed by atoms with Crippen LogP contribution in [0, 0.1) is 22.7 Å². The molecule has 1 aliphatic carbocycles. The molecule has 1 fully saturated rings. The fraction of sp³-hybridized carbons (Fsp3) is 0.286. The Hall–Kier alpha value is -3.40. The third kappa shape index (κ3) is 4.43. The molecule has 2 aromatic rings. The third-order valence-corrected chi connectivity index (χ3v) is 4.80. The Labute approximate surface area is 170 Å². The van der Waals surface area contributed by atoms with Crippen molar-refractivity contribution < 1.29 is 27.8 Å². The number of nitriles is 2. The molecule has 0 aliphatic heterocycles. The van der Waals surface area contributed by atoms with Crippen LogP contribution in [-0.2, 0) is 22.3 Å². The number of alkyl halides is 3. The van der Waals surface area contributed by atoms with Crippen LogP contribution in [0.25, 0.3) is 0 Å². The molecule has 0 amide bonds. The van der Waals surface area contributed by atoms with E-state index in [4.69, 9.17) is 15.3 Å². The van der Waals surface area contributed by atoms with Gasteiger partial charge in [0.15, 0.2) is 11.4 Å². The van der Waals surface area contributed by atoms with Gasteiger partial charge in [-0.25, -0.2) is 0 Å². The number of carbonyl (C=O) groups excluding carboxylic acids is 1. The molecule has 0 saturated heterocycles. The van der Waals surface area contributed by atoms with E-state index in [1.165, 1.54) is 12.1 Å². The van der Waals surface area contributed by atoms with Gasteiger partial charge in [0.05, 0.1) is 48.1 Å². The largest absolute Gasteiger partial charge is 0.417 e. The van der Waals surface area contributed by atoms with Crippen LogP contribution >= 0.6 is 0 Å². The van der Waals surface area contributed by atoms with E-state index < -0.39 is 34.7 Å². The Morgan fingerprint density at radius 3 is 2.43 bits per heavy atom. The van der Waals surface area contributed by atoms with E-state index in [2.05, 4.69) is 5.32 Å². The highest BCUT2D eigenvalue weighted by atomic mass is 19.4. The maximum absolute atomic E-state index is 13.1. The first-order valence-corrected chi connectivity index (χ1v) is 8.87. The van der Waals surface area contributed by atoms with Gasteiger partial charge in [0.25, 0.3) is 0 Å². The van der Waals surface area contributed by atoms with Gasteiger partial charge in [0, 0.05) is 12.1 Å². The lowest BCUT2D eigenvalue weighted by Gasteiger charge is -2.41. The van der Waals surface area contributed by atoms with E-state index in [0.717, 1.165) is 17.7 Å². The van der Waals surface area contributed by atoms with E-state index in [-0.39, 0.29) is 25.3 Å². The van der Waals surface area contributed by atoms with E-state index in [9.17, 15) is 23.1 Å². The maximum Gasteiger partial charge on any atom is 0.417 e. The van der Waals surface area contributed by atoms with Gasteiger partial charge < -0.3 is 15.2 Å². The number of ether oxygens (including phenoxy) is 1. The summed E-state index contributed by atoms with van der Waals surface area (Å²) in [5, 5.41) is 30.6. The van der Waals surface area contributed by atoms with Gasteiger partial charge in [0.2, 0.25) is 0 Å². The fourth-order valence-electron chi connectivity index (χ4n) is 3.15. The Balaban J connectivity index is 1.57. The molecule has 2 N–H and O–H groups in total. The van der Waals surface area contributed by atoms with Crippen LogP contribution in [0.4, 0.5) is 18.9 Å². The summed E-state index contributed by atoms with van der Waals surface area (Å²) in [6.45, 7) is -0.130. The lowest BCUT2D eigenvalue weighted by molar-refractivity contribution is -0.162. The smallest absolute Gasteiger partial charge is 0.379 e. The van der Waals surface area contributed by atoms with Gasteiger partial charge in [-0.15, -0.1) is 0 Å². The predicted molar refractivity (Wildman–Crippen MR) is 99.0 cm³/mol. The lowest BCUT2D eigenvalue weighted by Crippen LogP contribution is -2.63. The quantitative estimate of drug-likeness (QED) is 0.751. The van der Waals surface area contributed by atoms with Crippen molar-refractivity contribution in [1.82, 2.24) is 0 Å². The summed E-state index contributed by atoms with van der Waals surface area (Å²) >= 11 is 0. The van der Waals surface area contributed by atoms with Crippen LogP contribution in [0.3, 0.4) is 0 Å². The Morgan fingerprint density at radius 1 is 1.17 bits per heavy atom. The molecule has 0 radical (unpaired) electrons. The average molecular weight is 415 g/mol. The predicted octanol–water partition coefficient (Wildman–Crippen LogP) is 3.15. The van der Waals surface area contributed by atoms with Gasteiger partial charge in [-0.3, -0.25) is 4.79 Å². The lowest BCUT2D eigenvalue weighted by atomic mass is 9.74. The molecule has 1 unspecified atom stereocenters. The number of hydrogen-bond acceptors (Lipinski definition) is 6. The van der Waals surface area contributed by atoms with Crippen molar-refractivity contribution in [2.45, 2.75) is 30.8 Å². The molecular formula is C21H16F3N3O3. The van der Waals surface area contributed by atoms with Crippen LogP contribution in [0.5, 0.6) is 0 Å². The highest BCUT2D eigenvalue weighted by Crippen LogP contribution is 2.36. The second kappa shape index (κ2) is 8.15. The number of halogens is 3. The highest BCUT2D eigenvalue weighted by molar-refractivity contribution is 6.00. The molecule has 1 aliphatic rings. The van der Waals surface area contributed by atoms with Crippen LogP contribution in [-0.4, -0.2) is 29.1 Å². The van der Waals surface area contributed by atoms with E-state index in [1.807, 2.05) is 6.07 Å². The summed E-state index contributed by atoms with van der Waals surface area (Å²) in [4.78, 5) is 12.3. The molecule has 9 heteroatoms. The molecule has 0 heterocycles. The topological polar surface area (TPSA) is 106 Å². The van der Waals surface area contributed by atoms with Gasteiger partial charge >= 0.3 is 6.18 Å². The first kappa shape index (κ1) is 21.3. The summed E-state index contributed by atoms with van der Waals surface area (Å²) in [5.74, 6) is -0.583. The molecule has 0 bridgehead atoms. The number of nitrogens with zero attached hydrogens (tertiary/aromatic N) is 2. The van der Waals surface area contributed by atoms with Crippen LogP contribution < -0.4 is 5.32 Å². The standard InChI is InChI=1S/C21H16F3N3O3/c22-21(23,24)17-7-16(6-5-15(17)10-26)27-18-8-20(29,19(18)28)12-30-11-14-3-1-13(9-25)2-4-14/h1-7,18,27,29H,8,11-12H2/t18?,20-/m0/s1. The zero-order valence-electron chi connectivity index (χ0n) is 15.5. The molecule has 6 nitrogen and oxygen atoms in total. The average Bonchev–Trinajstić information content (AvgIpc) is 2.73. The van der Waals surface area contributed by atoms with Crippen LogP contribution in [0.2, 0.25) is 0 Å². The number of benzene rings is 2. The molecular weight excluding hydrogens is 399 g/mol. The number of carbonyl (C=O) groups is 1. The van der Waals surface area contributed by atoms with Gasteiger partial charge in [-0.05, 0) is 35.9 Å². The SMILES string of the molecule is N#Cc1ccc(COC[C@@]2(O)CC(Nc3ccc(C#N)c(C(F)(F)F)c3)C2=O)cc1. The van der Waals surface area contributed by atoms with E-state index in [1.54, 1.807) is 24.3 Å². The van der Waals surface area contributed by atoms with Crippen molar-refractivity contribution >= 4 is 11.5 Å². The second-order valence-corrected chi connectivity index (χ2v) is 6.97. The van der Waals surface area contributed by atoms with Gasteiger partial charge in [-0.2, -0.15) is 23.7 Å². The van der Waals surface area contributed by atoms with Crippen molar-refractivity contribution in [3.63, 3.8) is 0 Å².